The SMILES string of the molecule is COc1ccc(F)cc1C(=O)COC(=O)c1ccc2nc(C)c(C)nc2c1. The molecule has 0 aliphatic heterocycles. The molecular formula is C20H17FN2O4. The Morgan fingerprint density at radius 2 is 1.70 bits per heavy atom. The van der Waals surface area contributed by atoms with Crippen LogP contribution < -0.4 is 4.74 Å². The van der Waals surface area contributed by atoms with Crippen LogP contribution in [-0.2, 0) is 4.74 Å². The van der Waals surface area contributed by atoms with Crippen LogP contribution in [0.15, 0.2) is 36.4 Å². The van der Waals surface area contributed by atoms with Gasteiger partial charge in [0.1, 0.15) is 11.6 Å². The van der Waals surface area contributed by atoms with Crippen LogP contribution in [-0.4, -0.2) is 35.4 Å². The van der Waals surface area contributed by atoms with E-state index in [0.29, 0.717) is 11.0 Å². The fourth-order valence-electron chi connectivity index (χ4n) is 2.55. The molecule has 0 radical (unpaired) electrons. The summed E-state index contributed by atoms with van der Waals surface area (Å²) in [5.74, 6) is -1.61. The van der Waals surface area contributed by atoms with Crippen molar-refractivity contribution >= 4 is 22.8 Å². The van der Waals surface area contributed by atoms with E-state index in [1.807, 2.05) is 13.8 Å². The quantitative estimate of drug-likeness (QED) is 0.507. The number of nitrogens with zero attached hydrogens (tertiary/aromatic N) is 2. The lowest BCUT2D eigenvalue weighted by Gasteiger charge is -2.09. The van der Waals surface area contributed by atoms with Crippen molar-refractivity contribution in [2.75, 3.05) is 13.7 Å². The number of hydrogen-bond acceptors (Lipinski definition) is 6. The number of carbonyl (C=O) groups is 2. The lowest BCUT2D eigenvalue weighted by molar-refractivity contribution is 0.0474. The molecule has 0 aliphatic rings. The number of rotatable bonds is 5. The zero-order valence-corrected chi connectivity index (χ0v) is 15.1. The molecule has 0 unspecified atom stereocenters. The fraction of sp³-hybridized carbons (Fsp3) is 0.200. The molecule has 0 amide bonds. The van der Waals surface area contributed by atoms with Gasteiger partial charge in [-0.25, -0.2) is 19.2 Å². The number of ketones is 1. The Hall–Kier alpha value is -3.35. The van der Waals surface area contributed by atoms with E-state index in [1.54, 1.807) is 18.2 Å². The van der Waals surface area contributed by atoms with E-state index in [9.17, 15) is 14.0 Å². The summed E-state index contributed by atoms with van der Waals surface area (Å²) in [5, 5.41) is 0. The molecule has 138 valence electrons. The van der Waals surface area contributed by atoms with E-state index in [2.05, 4.69) is 9.97 Å². The number of aryl methyl sites for hydroxylation is 2. The van der Waals surface area contributed by atoms with Gasteiger partial charge in [0, 0.05) is 0 Å². The van der Waals surface area contributed by atoms with Crippen molar-refractivity contribution in [2.45, 2.75) is 13.8 Å². The van der Waals surface area contributed by atoms with Gasteiger partial charge in [-0.3, -0.25) is 4.79 Å². The Bertz CT molecular complexity index is 1050. The van der Waals surface area contributed by atoms with Gasteiger partial charge >= 0.3 is 5.97 Å². The Labute approximate surface area is 155 Å². The molecular weight excluding hydrogens is 351 g/mol. The van der Waals surface area contributed by atoms with Crippen LogP contribution in [0.1, 0.15) is 32.1 Å². The number of fused-ring (bicyclic) bond motifs is 1. The van der Waals surface area contributed by atoms with Crippen molar-refractivity contribution in [1.82, 2.24) is 9.97 Å². The maximum absolute atomic E-state index is 13.4. The van der Waals surface area contributed by atoms with Gasteiger partial charge in [0.2, 0.25) is 5.78 Å². The molecule has 0 saturated carbocycles. The molecule has 1 heterocycles. The smallest absolute Gasteiger partial charge is 0.338 e. The van der Waals surface area contributed by atoms with Gasteiger partial charge < -0.3 is 9.47 Å². The largest absolute Gasteiger partial charge is 0.496 e. The first-order valence-corrected chi connectivity index (χ1v) is 8.18. The number of ether oxygens (including phenoxy) is 2. The number of carbonyl (C=O) groups excluding carboxylic acids is 2. The second kappa shape index (κ2) is 7.49. The van der Waals surface area contributed by atoms with E-state index in [-0.39, 0.29) is 16.9 Å². The number of aromatic nitrogens is 2. The molecule has 27 heavy (non-hydrogen) atoms. The first-order chi connectivity index (χ1) is 12.9. The van der Waals surface area contributed by atoms with Crippen molar-refractivity contribution in [3.05, 3.63) is 64.7 Å². The summed E-state index contributed by atoms with van der Waals surface area (Å²) in [5.41, 5.74) is 3.06. The second-order valence-electron chi connectivity index (χ2n) is 5.94. The van der Waals surface area contributed by atoms with Crippen LogP contribution in [0.3, 0.4) is 0 Å². The molecule has 0 saturated heterocycles. The lowest BCUT2D eigenvalue weighted by Crippen LogP contribution is -2.15. The number of methoxy groups -OCH3 is 1. The summed E-state index contributed by atoms with van der Waals surface area (Å²) >= 11 is 0. The number of halogens is 1. The van der Waals surface area contributed by atoms with Crippen LogP contribution in [0.25, 0.3) is 11.0 Å². The van der Waals surface area contributed by atoms with Crippen molar-refractivity contribution < 1.29 is 23.5 Å². The highest BCUT2D eigenvalue weighted by atomic mass is 19.1. The molecule has 0 aliphatic carbocycles. The molecule has 7 heteroatoms. The van der Waals surface area contributed by atoms with Gasteiger partial charge in [-0.05, 0) is 50.2 Å². The molecule has 1 aromatic heterocycles. The monoisotopic (exact) mass is 368 g/mol. The maximum Gasteiger partial charge on any atom is 0.338 e. The van der Waals surface area contributed by atoms with Crippen LogP contribution in [0.5, 0.6) is 5.75 Å². The molecule has 0 fully saturated rings. The number of Topliss-reactive ketones (excluding diaryl/α,β-unsaturated/α-hetero) is 1. The molecule has 6 nitrogen and oxygen atoms in total. The standard InChI is InChI=1S/C20H17FN2O4/c1-11-12(2)23-17-8-13(4-6-16(17)22-11)20(25)27-10-18(24)15-9-14(21)5-7-19(15)26-3/h4-9H,10H2,1-3H3. The molecule has 0 spiro atoms. The first kappa shape index (κ1) is 18.4. The number of esters is 1. The van der Waals surface area contributed by atoms with Crippen molar-refractivity contribution in [3.8, 4) is 5.75 Å². The summed E-state index contributed by atoms with van der Waals surface area (Å²) in [6.45, 7) is 3.16. The average Bonchev–Trinajstić information content (AvgIpc) is 2.66. The summed E-state index contributed by atoms with van der Waals surface area (Å²) in [6.07, 6.45) is 0. The average molecular weight is 368 g/mol. The second-order valence-corrected chi connectivity index (χ2v) is 5.94. The van der Waals surface area contributed by atoms with E-state index < -0.39 is 24.2 Å². The van der Waals surface area contributed by atoms with Gasteiger partial charge in [-0.2, -0.15) is 0 Å². The topological polar surface area (TPSA) is 78.4 Å². The minimum Gasteiger partial charge on any atom is -0.496 e. The highest BCUT2D eigenvalue weighted by molar-refractivity contribution is 6.01. The summed E-state index contributed by atoms with van der Waals surface area (Å²) in [4.78, 5) is 33.3. The zero-order valence-electron chi connectivity index (χ0n) is 15.1. The molecule has 3 rings (SSSR count). The van der Waals surface area contributed by atoms with Gasteiger partial charge in [0.15, 0.2) is 6.61 Å². The van der Waals surface area contributed by atoms with E-state index in [0.717, 1.165) is 17.5 Å². The molecule has 2 aromatic carbocycles. The van der Waals surface area contributed by atoms with E-state index in [4.69, 9.17) is 9.47 Å². The van der Waals surface area contributed by atoms with E-state index >= 15 is 0 Å². The van der Waals surface area contributed by atoms with E-state index in [1.165, 1.54) is 19.2 Å². The third-order valence-corrected chi connectivity index (χ3v) is 4.11. The molecule has 0 atom stereocenters. The van der Waals surface area contributed by atoms with Gasteiger partial charge in [0.25, 0.3) is 0 Å². The van der Waals surface area contributed by atoms with Gasteiger partial charge in [-0.1, -0.05) is 0 Å². The van der Waals surface area contributed by atoms with Crippen molar-refractivity contribution in [3.63, 3.8) is 0 Å². The van der Waals surface area contributed by atoms with Crippen molar-refractivity contribution in [2.24, 2.45) is 0 Å². The maximum atomic E-state index is 13.4. The summed E-state index contributed by atoms with van der Waals surface area (Å²) in [7, 11) is 1.37. The van der Waals surface area contributed by atoms with Crippen LogP contribution >= 0.6 is 0 Å². The Balaban J connectivity index is 1.76. The molecule has 0 bridgehead atoms. The third kappa shape index (κ3) is 3.92. The predicted molar refractivity (Wildman–Crippen MR) is 96.6 cm³/mol. The Kier molecular flexibility index (Phi) is 5.12. The summed E-state index contributed by atoms with van der Waals surface area (Å²) in [6, 6.07) is 8.36. The third-order valence-electron chi connectivity index (χ3n) is 4.11. The number of benzene rings is 2. The molecule has 0 N–H and O–H groups in total. The fourth-order valence-corrected chi connectivity index (χ4v) is 2.55. The Morgan fingerprint density at radius 1 is 1.00 bits per heavy atom. The van der Waals surface area contributed by atoms with Crippen LogP contribution in [0, 0.1) is 19.7 Å². The Morgan fingerprint density at radius 3 is 2.41 bits per heavy atom. The van der Waals surface area contributed by atoms with Gasteiger partial charge in [0.05, 0.1) is 40.7 Å². The normalized spacial score (nSPS) is 10.7. The first-order valence-electron chi connectivity index (χ1n) is 8.18. The zero-order chi connectivity index (χ0) is 19.6. The summed E-state index contributed by atoms with van der Waals surface area (Å²) < 4.78 is 23.5. The van der Waals surface area contributed by atoms with Crippen LogP contribution in [0.2, 0.25) is 0 Å². The van der Waals surface area contributed by atoms with Crippen LogP contribution in [0.4, 0.5) is 4.39 Å². The lowest BCUT2D eigenvalue weighted by atomic mass is 10.1. The molecule has 3 aromatic rings. The predicted octanol–water partition coefficient (Wildman–Crippen LogP) is 3.43. The minimum atomic E-state index is -0.680. The van der Waals surface area contributed by atoms with Crippen molar-refractivity contribution in [1.29, 1.82) is 0 Å². The number of hydrogen-bond donors (Lipinski definition) is 0. The minimum absolute atomic E-state index is 0.0146. The van der Waals surface area contributed by atoms with Gasteiger partial charge in [-0.15, -0.1) is 0 Å². The highest BCUT2D eigenvalue weighted by Crippen LogP contribution is 2.20. The highest BCUT2D eigenvalue weighted by Gasteiger charge is 2.17.